The molecule has 10 heteroatoms. The summed E-state index contributed by atoms with van der Waals surface area (Å²) in [6.07, 6.45) is 2.27. The van der Waals surface area contributed by atoms with E-state index >= 15 is 0 Å². The number of aromatic nitrogens is 3. The van der Waals surface area contributed by atoms with Gasteiger partial charge >= 0.3 is 15.6 Å². The average molecular weight is 267 g/mol. The quantitative estimate of drug-likeness (QED) is 0.652. The van der Waals surface area contributed by atoms with Crippen LogP contribution < -0.4 is 4.18 Å². The number of H-pyrrole nitrogens is 1. The molecule has 0 aromatic carbocycles. The smallest absolute Gasteiger partial charge is 0.375 e. The molecule has 2 aromatic heterocycles. The molecule has 92 valence electrons. The molecule has 1 N–H and O–H groups in total. The summed E-state index contributed by atoms with van der Waals surface area (Å²) in [6.45, 7) is 0. The van der Waals surface area contributed by atoms with Crippen LogP contribution in [0.3, 0.4) is 0 Å². The van der Waals surface area contributed by atoms with Crippen LogP contribution in [0.25, 0.3) is 11.0 Å². The van der Waals surface area contributed by atoms with E-state index in [4.69, 9.17) is 0 Å². The highest BCUT2D eigenvalue weighted by Gasteiger charge is 2.48. The van der Waals surface area contributed by atoms with E-state index in [2.05, 4.69) is 19.4 Å². The fraction of sp³-hybridized carbons (Fsp3) is 0.143. The van der Waals surface area contributed by atoms with Gasteiger partial charge < -0.3 is 4.18 Å². The van der Waals surface area contributed by atoms with Gasteiger partial charge in [-0.2, -0.15) is 26.7 Å². The van der Waals surface area contributed by atoms with E-state index in [-0.39, 0.29) is 11.0 Å². The number of alkyl halides is 3. The van der Waals surface area contributed by atoms with Gasteiger partial charge in [0.15, 0.2) is 11.4 Å². The van der Waals surface area contributed by atoms with Gasteiger partial charge in [0.25, 0.3) is 0 Å². The van der Waals surface area contributed by atoms with Crippen LogP contribution in [0.1, 0.15) is 0 Å². The number of nitrogens with zero attached hydrogens (tertiary/aromatic N) is 2. The van der Waals surface area contributed by atoms with Crippen molar-refractivity contribution in [3.05, 3.63) is 18.5 Å². The Labute approximate surface area is 92.5 Å². The molecule has 0 unspecified atom stereocenters. The van der Waals surface area contributed by atoms with Crippen molar-refractivity contribution in [2.75, 3.05) is 0 Å². The molecule has 0 saturated carbocycles. The van der Waals surface area contributed by atoms with Crippen molar-refractivity contribution >= 4 is 21.2 Å². The summed E-state index contributed by atoms with van der Waals surface area (Å²) in [5.74, 6) is -0.485. The lowest BCUT2D eigenvalue weighted by Gasteiger charge is -2.09. The second-order valence-electron chi connectivity index (χ2n) is 2.91. The van der Waals surface area contributed by atoms with E-state index in [0.29, 0.717) is 0 Å². The molecule has 0 aliphatic carbocycles. The van der Waals surface area contributed by atoms with Gasteiger partial charge in [-0.25, -0.2) is 4.98 Å². The Morgan fingerprint density at radius 3 is 2.71 bits per heavy atom. The molecule has 0 spiro atoms. The first-order valence-corrected chi connectivity index (χ1v) is 5.51. The van der Waals surface area contributed by atoms with Crippen LogP contribution in [0.15, 0.2) is 18.5 Å². The van der Waals surface area contributed by atoms with Gasteiger partial charge in [-0.15, -0.1) is 0 Å². The normalized spacial score (nSPS) is 12.9. The summed E-state index contributed by atoms with van der Waals surface area (Å²) in [6, 6.07) is 1.00. The molecule has 0 aliphatic heterocycles. The lowest BCUT2D eigenvalue weighted by molar-refractivity contribution is -0.0499. The zero-order valence-corrected chi connectivity index (χ0v) is 8.71. The summed E-state index contributed by atoms with van der Waals surface area (Å²) in [7, 11) is -5.69. The van der Waals surface area contributed by atoms with Crippen LogP contribution >= 0.6 is 0 Å². The molecular formula is C7H4F3N3O3S. The Morgan fingerprint density at radius 1 is 1.35 bits per heavy atom. The predicted octanol–water partition coefficient (Wildman–Crippen LogP) is 1.19. The number of fused-ring (bicyclic) bond motifs is 1. The molecule has 0 radical (unpaired) electrons. The third kappa shape index (κ3) is 2.02. The first-order chi connectivity index (χ1) is 7.81. The van der Waals surface area contributed by atoms with Crippen molar-refractivity contribution in [1.29, 1.82) is 0 Å². The predicted molar refractivity (Wildman–Crippen MR) is 49.5 cm³/mol. The van der Waals surface area contributed by atoms with Gasteiger partial charge in [0.2, 0.25) is 0 Å². The van der Waals surface area contributed by atoms with Crippen LogP contribution in [-0.2, 0) is 10.1 Å². The fourth-order valence-corrected chi connectivity index (χ4v) is 1.54. The van der Waals surface area contributed by atoms with E-state index in [0.717, 1.165) is 12.3 Å². The maximum absolute atomic E-state index is 12.1. The molecule has 0 saturated heterocycles. The third-order valence-corrected chi connectivity index (χ3v) is 2.76. The maximum Gasteiger partial charge on any atom is 0.534 e. The molecule has 0 atom stereocenters. The van der Waals surface area contributed by atoms with Gasteiger partial charge in [0, 0.05) is 18.5 Å². The van der Waals surface area contributed by atoms with E-state index < -0.39 is 21.4 Å². The highest BCUT2D eigenvalue weighted by molar-refractivity contribution is 7.88. The molecule has 17 heavy (non-hydrogen) atoms. The van der Waals surface area contributed by atoms with Crippen molar-refractivity contribution in [1.82, 2.24) is 15.2 Å². The average Bonchev–Trinajstić information content (AvgIpc) is 2.64. The second kappa shape index (κ2) is 3.58. The Morgan fingerprint density at radius 2 is 2.06 bits per heavy atom. The fourth-order valence-electron chi connectivity index (χ4n) is 1.07. The van der Waals surface area contributed by atoms with Crippen LogP contribution in [0.2, 0.25) is 0 Å². The van der Waals surface area contributed by atoms with Crippen LogP contribution in [0, 0.1) is 0 Å². The highest BCUT2D eigenvalue weighted by Crippen LogP contribution is 2.29. The number of pyridine rings is 1. The highest BCUT2D eigenvalue weighted by atomic mass is 32.2. The first kappa shape index (κ1) is 11.6. The minimum absolute atomic E-state index is 0.0420. The van der Waals surface area contributed by atoms with E-state index in [1.807, 2.05) is 0 Å². The monoisotopic (exact) mass is 267 g/mol. The van der Waals surface area contributed by atoms with Gasteiger partial charge in [-0.05, 0) is 0 Å². The van der Waals surface area contributed by atoms with Gasteiger partial charge in [0.1, 0.15) is 0 Å². The second-order valence-corrected chi connectivity index (χ2v) is 4.45. The standard InChI is InChI=1S/C7H4F3N3O3S/c8-7(9,10)17(14,15)16-5-1-2-11-6-4(5)3-12-13-6/h1-3H,(H,11,12,13). The Bertz CT molecular complexity index is 649. The first-order valence-electron chi connectivity index (χ1n) is 4.10. The van der Waals surface area contributed by atoms with E-state index in [9.17, 15) is 21.6 Å². The number of nitrogens with one attached hydrogen (secondary N) is 1. The van der Waals surface area contributed by atoms with Crippen LogP contribution in [-0.4, -0.2) is 29.1 Å². The molecule has 2 aromatic rings. The van der Waals surface area contributed by atoms with Crippen LogP contribution in [0.5, 0.6) is 5.75 Å². The maximum atomic E-state index is 12.1. The number of rotatable bonds is 2. The molecular weight excluding hydrogens is 263 g/mol. The van der Waals surface area contributed by atoms with Crippen molar-refractivity contribution in [3.63, 3.8) is 0 Å². The van der Waals surface area contributed by atoms with E-state index in [1.165, 1.54) is 6.20 Å². The molecule has 0 amide bonds. The topological polar surface area (TPSA) is 84.9 Å². The molecule has 0 fully saturated rings. The summed E-state index contributed by atoms with van der Waals surface area (Å²) < 4.78 is 61.8. The van der Waals surface area contributed by atoms with Gasteiger partial charge in [-0.1, -0.05) is 0 Å². The molecule has 6 nitrogen and oxygen atoms in total. The minimum Gasteiger partial charge on any atom is -0.375 e. The summed E-state index contributed by atoms with van der Waals surface area (Å²) in [5.41, 5.74) is -5.42. The van der Waals surface area contributed by atoms with E-state index in [1.54, 1.807) is 0 Å². The molecule has 2 rings (SSSR count). The Hall–Kier alpha value is -1.84. The Kier molecular flexibility index (Phi) is 2.45. The molecule has 2 heterocycles. The lowest BCUT2D eigenvalue weighted by Crippen LogP contribution is -2.28. The van der Waals surface area contributed by atoms with Gasteiger partial charge in [0.05, 0.1) is 5.39 Å². The van der Waals surface area contributed by atoms with Gasteiger partial charge in [-0.3, -0.25) is 5.10 Å². The lowest BCUT2D eigenvalue weighted by atomic mass is 10.3. The number of aromatic amines is 1. The number of halogens is 3. The summed E-state index contributed by atoms with van der Waals surface area (Å²) in [4.78, 5) is 3.70. The largest absolute Gasteiger partial charge is 0.534 e. The molecule has 0 aliphatic rings. The summed E-state index contributed by atoms with van der Waals surface area (Å²) >= 11 is 0. The van der Waals surface area contributed by atoms with Crippen molar-refractivity contribution < 1.29 is 25.8 Å². The van der Waals surface area contributed by atoms with Crippen molar-refractivity contribution in [3.8, 4) is 5.75 Å². The SMILES string of the molecule is O=S(=O)(Oc1ccnc2n[nH]cc12)C(F)(F)F. The number of hydrogen-bond donors (Lipinski definition) is 1. The van der Waals surface area contributed by atoms with Crippen molar-refractivity contribution in [2.45, 2.75) is 5.51 Å². The minimum atomic E-state index is -5.69. The Balaban J connectivity index is 2.47. The molecule has 0 bridgehead atoms. The van der Waals surface area contributed by atoms with Crippen molar-refractivity contribution in [2.24, 2.45) is 0 Å². The zero-order valence-electron chi connectivity index (χ0n) is 7.89. The summed E-state index contributed by atoms with van der Waals surface area (Å²) in [5, 5.41) is 5.96. The number of hydrogen-bond acceptors (Lipinski definition) is 5. The van der Waals surface area contributed by atoms with Crippen LogP contribution in [0.4, 0.5) is 13.2 Å². The zero-order chi connectivity index (χ0) is 12.7. The third-order valence-electron chi connectivity index (χ3n) is 1.79.